The molecule has 7 heteroatoms. The van der Waals surface area contributed by atoms with E-state index in [-0.39, 0.29) is 29.9 Å². The van der Waals surface area contributed by atoms with Crippen LogP contribution >= 0.6 is 24.0 Å². The Morgan fingerprint density at radius 1 is 0.903 bits per heavy atom. The van der Waals surface area contributed by atoms with E-state index in [2.05, 4.69) is 69.1 Å². The lowest BCUT2D eigenvalue weighted by molar-refractivity contribution is -0.117. The number of carbonyl (C=O) groups excluding carboxylic acids is 1. The highest BCUT2D eigenvalue weighted by molar-refractivity contribution is 14.0. The number of nitrogens with one attached hydrogen (secondary N) is 2. The highest BCUT2D eigenvalue weighted by Gasteiger charge is 2.21. The molecule has 6 nitrogen and oxygen atoms in total. The summed E-state index contributed by atoms with van der Waals surface area (Å²) in [5.74, 6) is 0.984. The van der Waals surface area contributed by atoms with Crippen LogP contribution in [0.5, 0.6) is 0 Å². The second-order valence-electron chi connectivity index (χ2n) is 7.64. The van der Waals surface area contributed by atoms with Gasteiger partial charge in [0.05, 0.1) is 0 Å². The number of amides is 1. The van der Waals surface area contributed by atoms with Crippen molar-refractivity contribution in [2.75, 3.05) is 36.5 Å². The van der Waals surface area contributed by atoms with Crippen molar-refractivity contribution in [1.29, 1.82) is 0 Å². The molecule has 164 valence electrons. The summed E-state index contributed by atoms with van der Waals surface area (Å²) in [6.45, 7) is 4.19. The Balaban J connectivity index is 0.00000272. The Bertz CT molecular complexity index is 916. The van der Waals surface area contributed by atoms with E-state index in [0.29, 0.717) is 19.5 Å². The molecule has 2 aromatic carbocycles. The number of anilines is 2. The van der Waals surface area contributed by atoms with Crippen LogP contribution in [0, 0.1) is 0 Å². The van der Waals surface area contributed by atoms with Crippen molar-refractivity contribution >= 4 is 47.2 Å². The van der Waals surface area contributed by atoms with Crippen molar-refractivity contribution in [2.45, 2.75) is 25.9 Å². The molecule has 0 spiro atoms. The molecule has 0 radical (unpaired) electrons. The van der Waals surface area contributed by atoms with E-state index in [1.807, 2.05) is 17.0 Å². The van der Waals surface area contributed by atoms with Gasteiger partial charge in [0.2, 0.25) is 5.91 Å². The van der Waals surface area contributed by atoms with Crippen LogP contribution in [0.1, 0.15) is 24.0 Å². The first-order valence-corrected chi connectivity index (χ1v) is 10.6. The molecule has 0 unspecified atom stereocenters. The molecular formula is C24H30IN5O. The first kappa shape index (κ1) is 23.1. The van der Waals surface area contributed by atoms with E-state index in [1.54, 1.807) is 7.05 Å². The third-order valence-corrected chi connectivity index (χ3v) is 5.58. The predicted molar refractivity (Wildman–Crippen MR) is 138 cm³/mol. The third-order valence-electron chi connectivity index (χ3n) is 5.58. The minimum Gasteiger partial charge on any atom is -0.364 e. The highest BCUT2D eigenvalue weighted by Crippen LogP contribution is 2.21. The topological polar surface area (TPSA) is 60.0 Å². The Hall–Kier alpha value is -2.55. The van der Waals surface area contributed by atoms with E-state index >= 15 is 0 Å². The molecule has 0 aliphatic carbocycles. The molecule has 4 rings (SSSR count). The van der Waals surface area contributed by atoms with E-state index in [0.717, 1.165) is 43.3 Å². The summed E-state index contributed by atoms with van der Waals surface area (Å²) in [4.78, 5) is 20.4. The Morgan fingerprint density at radius 2 is 1.45 bits per heavy atom. The van der Waals surface area contributed by atoms with Crippen molar-refractivity contribution in [3.63, 3.8) is 0 Å². The summed E-state index contributed by atoms with van der Waals surface area (Å²) in [5, 5.41) is 6.72. The second kappa shape index (κ2) is 11.2. The van der Waals surface area contributed by atoms with Gasteiger partial charge in [-0.25, -0.2) is 0 Å². The van der Waals surface area contributed by atoms with E-state index in [9.17, 15) is 4.79 Å². The molecule has 1 fully saturated rings. The average molecular weight is 531 g/mol. The van der Waals surface area contributed by atoms with Gasteiger partial charge in [-0.3, -0.25) is 9.79 Å². The zero-order chi connectivity index (χ0) is 20.8. The summed E-state index contributed by atoms with van der Waals surface area (Å²) in [6.07, 6.45) is 6.00. The lowest BCUT2D eigenvalue weighted by Crippen LogP contribution is -2.36. The van der Waals surface area contributed by atoms with Crippen LogP contribution in [0.2, 0.25) is 0 Å². The Labute approximate surface area is 201 Å². The predicted octanol–water partition coefficient (Wildman–Crippen LogP) is 3.67. The van der Waals surface area contributed by atoms with E-state index in [1.165, 1.54) is 11.3 Å². The van der Waals surface area contributed by atoms with Crippen LogP contribution < -0.4 is 20.4 Å². The average Bonchev–Trinajstić information content (AvgIpc) is 3.47. The maximum atomic E-state index is 11.9. The minimum atomic E-state index is 0. The van der Waals surface area contributed by atoms with Crippen LogP contribution in [-0.2, 0) is 17.9 Å². The van der Waals surface area contributed by atoms with Crippen LogP contribution in [0.4, 0.5) is 11.4 Å². The number of nitrogens with zero attached hydrogens (tertiary/aromatic N) is 3. The Kier molecular flexibility index (Phi) is 8.34. The van der Waals surface area contributed by atoms with Gasteiger partial charge in [0.25, 0.3) is 0 Å². The molecule has 2 aliphatic rings. The van der Waals surface area contributed by atoms with Gasteiger partial charge in [-0.05, 0) is 41.8 Å². The van der Waals surface area contributed by atoms with Gasteiger partial charge in [-0.2, -0.15) is 0 Å². The fourth-order valence-electron chi connectivity index (χ4n) is 3.82. The SMILES string of the molecule is CN=C(NCc1ccc(N2CC=CC2)cc1)NCc1ccc(N2CCCC2=O)cc1.I. The molecular weight excluding hydrogens is 501 g/mol. The van der Waals surface area contributed by atoms with E-state index < -0.39 is 0 Å². The number of aliphatic imine (C=N–C) groups is 1. The van der Waals surface area contributed by atoms with Crippen molar-refractivity contribution in [1.82, 2.24) is 10.6 Å². The number of guanidine groups is 1. The fraction of sp³-hybridized carbons (Fsp3) is 0.333. The zero-order valence-electron chi connectivity index (χ0n) is 17.9. The van der Waals surface area contributed by atoms with Crippen LogP contribution in [0.25, 0.3) is 0 Å². The van der Waals surface area contributed by atoms with E-state index in [4.69, 9.17) is 0 Å². The molecule has 2 aliphatic heterocycles. The number of rotatable bonds is 6. The molecule has 1 amide bonds. The maximum absolute atomic E-state index is 11.9. The summed E-state index contributed by atoms with van der Waals surface area (Å²) < 4.78 is 0. The van der Waals surface area contributed by atoms with Gasteiger partial charge in [0.1, 0.15) is 0 Å². The summed E-state index contributed by atoms with van der Waals surface area (Å²) in [7, 11) is 1.78. The molecule has 31 heavy (non-hydrogen) atoms. The van der Waals surface area contributed by atoms with Crippen LogP contribution in [0.15, 0.2) is 65.7 Å². The van der Waals surface area contributed by atoms with Gasteiger partial charge >= 0.3 is 0 Å². The van der Waals surface area contributed by atoms with Gasteiger partial charge in [-0.15, -0.1) is 24.0 Å². The summed E-state index contributed by atoms with van der Waals surface area (Å²) in [6, 6.07) is 16.8. The third kappa shape index (κ3) is 6.00. The van der Waals surface area contributed by atoms with Gasteiger partial charge in [-0.1, -0.05) is 36.4 Å². The number of halogens is 1. The normalized spacial score (nSPS) is 15.9. The first-order chi connectivity index (χ1) is 14.7. The smallest absolute Gasteiger partial charge is 0.227 e. The van der Waals surface area contributed by atoms with Crippen molar-refractivity contribution in [2.24, 2.45) is 4.99 Å². The van der Waals surface area contributed by atoms with Crippen molar-refractivity contribution in [3.05, 3.63) is 71.8 Å². The molecule has 0 aromatic heterocycles. The van der Waals surface area contributed by atoms with Crippen molar-refractivity contribution < 1.29 is 4.79 Å². The number of carbonyl (C=O) groups is 1. The fourth-order valence-corrected chi connectivity index (χ4v) is 3.82. The summed E-state index contributed by atoms with van der Waals surface area (Å²) >= 11 is 0. The summed E-state index contributed by atoms with van der Waals surface area (Å²) in [5.41, 5.74) is 4.60. The standard InChI is InChI=1S/C24H29N5O.HI/c1-25-24(26-17-19-6-10-21(11-7-19)28-14-2-3-15-28)27-18-20-8-12-22(13-9-20)29-16-4-5-23(29)30;/h2-3,6-13H,4-5,14-18H2,1H3,(H2,25,26,27);1H. The number of hydrogen-bond donors (Lipinski definition) is 2. The van der Waals surface area contributed by atoms with Crippen LogP contribution in [-0.4, -0.2) is 38.5 Å². The van der Waals surface area contributed by atoms with Gasteiger partial charge in [0.15, 0.2) is 5.96 Å². The second-order valence-corrected chi connectivity index (χ2v) is 7.64. The van der Waals surface area contributed by atoms with Crippen molar-refractivity contribution in [3.8, 4) is 0 Å². The highest BCUT2D eigenvalue weighted by atomic mass is 127. The molecule has 2 aromatic rings. The lowest BCUT2D eigenvalue weighted by atomic mass is 10.2. The van der Waals surface area contributed by atoms with Gasteiger partial charge < -0.3 is 20.4 Å². The quantitative estimate of drug-likeness (QED) is 0.259. The largest absolute Gasteiger partial charge is 0.364 e. The number of hydrogen-bond acceptors (Lipinski definition) is 3. The molecule has 0 atom stereocenters. The van der Waals surface area contributed by atoms with Crippen LogP contribution in [0.3, 0.4) is 0 Å². The van der Waals surface area contributed by atoms with Gasteiger partial charge in [0, 0.05) is 57.6 Å². The Morgan fingerprint density at radius 3 is 1.94 bits per heavy atom. The minimum absolute atomic E-state index is 0. The maximum Gasteiger partial charge on any atom is 0.227 e. The first-order valence-electron chi connectivity index (χ1n) is 10.6. The number of benzene rings is 2. The molecule has 0 saturated carbocycles. The molecule has 1 saturated heterocycles. The monoisotopic (exact) mass is 531 g/mol. The molecule has 0 bridgehead atoms. The molecule has 2 N–H and O–H groups in total. The lowest BCUT2D eigenvalue weighted by Gasteiger charge is -2.18. The molecule has 2 heterocycles. The zero-order valence-corrected chi connectivity index (χ0v) is 20.2.